The molecule has 0 saturated carbocycles. The second kappa shape index (κ2) is 8.65. The summed E-state index contributed by atoms with van der Waals surface area (Å²) in [7, 11) is 0. The third kappa shape index (κ3) is 5.62. The van der Waals surface area contributed by atoms with Crippen LogP contribution in [0.4, 0.5) is 18.9 Å². The van der Waals surface area contributed by atoms with Crippen LogP contribution in [0.3, 0.4) is 0 Å². The molecule has 0 aliphatic rings. The van der Waals surface area contributed by atoms with E-state index in [0.29, 0.717) is 0 Å². The summed E-state index contributed by atoms with van der Waals surface area (Å²) in [5, 5.41) is 4.28. The number of nitrogens with one attached hydrogen (secondary N) is 2. The maximum atomic E-state index is 13.4. The molecule has 0 atom stereocenters. The van der Waals surface area contributed by atoms with Crippen molar-refractivity contribution in [2.45, 2.75) is 0 Å². The van der Waals surface area contributed by atoms with Crippen molar-refractivity contribution in [2.24, 2.45) is 0 Å². The van der Waals surface area contributed by atoms with Crippen LogP contribution in [0.15, 0.2) is 42.5 Å². The van der Waals surface area contributed by atoms with Crippen molar-refractivity contribution in [3.8, 4) is 0 Å². The van der Waals surface area contributed by atoms with Crippen LogP contribution in [0.1, 0.15) is 10.4 Å². The fraction of sp³-hybridized carbons (Fsp3) is 0.118. The lowest BCUT2D eigenvalue weighted by Gasteiger charge is -2.08. The van der Waals surface area contributed by atoms with E-state index in [1.807, 2.05) is 5.32 Å². The quantitative estimate of drug-likeness (QED) is 0.766. The highest BCUT2D eigenvalue weighted by Crippen LogP contribution is 2.14. The molecular formula is C17H13F3N2O4. The van der Waals surface area contributed by atoms with E-state index in [4.69, 9.17) is 0 Å². The lowest BCUT2D eigenvalue weighted by atomic mass is 10.2. The molecule has 0 fully saturated rings. The van der Waals surface area contributed by atoms with E-state index in [9.17, 15) is 27.6 Å². The number of carbonyl (C=O) groups excluding carboxylic acids is 3. The van der Waals surface area contributed by atoms with Gasteiger partial charge in [0.1, 0.15) is 24.0 Å². The summed E-state index contributed by atoms with van der Waals surface area (Å²) in [4.78, 5) is 34.8. The Morgan fingerprint density at radius 1 is 0.923 bits per heavy atom. The van der Waals surface area contributed by atoms with Crippen LogP contribution in [0.25, 0.3) is 0 Å². The minimum absolute atomic E-state index is 0.138. The largest absolute Gasteiger partial charge is 0.454 e. The number of halogens is 3. The summed E-state index contributed by atoms with van der Waals surface area (Å²) in [5.41, 5.74) is -0.255. The first-order valence-corrected chi connectivity index (χ1v) is 7.29. The Bertz CT molecular complexity index is 825. The highest BCUT2D eigenvalue weighted by atomic mass is 19.1. The molecule has 0 radical (unpaired) electrons. The van der Waals surface area contributed by atoms with Gasteiger partial charge in [-0.2, -0.15) is 0 Å². The summed E-state index contributed by atoms with van der Waals surface area (Å²) in [6, 6.07) is 7.13. The van der Waals surface area contributed by atoms with Gasteiger partial charge in [0.25, 0.3) is 11.8 Å². The Balaban J connectivity index is 1.75. The van der Waals surface area contributed by atoms with Crippen molar-refractivity contribution in [1.82, 2.24) is 5.32 Å². The highest BCUT2D eigenvalue weighted by Gasteiger charge is 2.12. The van der Waals surface area contributed by atoms with Crippen molar-refractivity contribution >= 4 is 23.5 Å². The topological polar surface area (TPSA) is 84.5 Å². The van der Waals surface area contributed by atoms with E-state index in [1.165, 1.54) is 12.1 Å². The SMILES string of the molecule is O=C(COC(=O)CNC(=O)c1ccc(F)cc1)Nc1cc(F)ccc1F. The van der Waals surface area contributed by atoms with Crippen molar-refractivity contribution in [1.29, 1.82) is 0 Å². The first kappa shape index (κ1) is 19.0. The van der Waals surface area contributed by atoms with Crippen LogP contribution in [0, 0.1) is 17.5 Å². The number of anilines is 1. The predicted molar refractivity (Wildman–Crippen MR) is 84.7 cm³/mol. The van der Waals surface area contributed by atoms with E-state index < -0.39 is 54.1 Å². The minimum Gasteiger partial charge on any atom is -0.454 e. The standard InChI is InChI=1S/C17H13F3N2O4/c18-11-3-1-10(2-4-11)17(25)21-8-16(24)26-9-15(23)22-14-7-12(19)5-6-13(14)20/h1-7H,8-9H2,(H,21,25)(H,22,23). The number of carbonyl (C=O) groups is 3. The minimum atomic E-state index is -0.921. The fourth-order valence-corrected chi connectivity index (χ4v) is 1.83. The van der Waals surface area contributed by atoms with E-state index >= 15 is 0 Å². The Labute approximate surface area is 146 Å². The second-order valence-corrected chi connectivity index (χ2v) is 5.02. The maximum absolute atomic E-state index is 13.4. The van der Waals surface area contributed by atoms with E-state index in [0.717, 1.165) is 30.3 Å². The normalized spacial score (nSPS) is 10.1. The molecule has 0 saturated heterocycles. The van der Waals surface area contributed by atoms with Gasteiger partial charge in [-0.15, -0.1) is 0 Å². The van der Waals surface area contributed by atoms with Crippen LogP contribution in [0.2, 0.25) is 0 Å². The number of benzene rings is 2. The molecule has 136 valence electrons. The second-order valence-electron chi connectivity index (χ2n) is 5.02. The van der Waals surface area contributed by atoms with Crippen molar-refractivity contribution < 1.29 is 32.3 Å². The number of rotatable bonds is 6. The van der Waals surface area contributed by atoms with Gasteiger partial charge in [-0.05, 0) is 36.4 Å². The smallest absolute Gasteiger partial charge is 0.325 e. The lowest BCUT2D eigenvalue weighted by Crippen LogP contribution is -2.32. The summed E-state index contributed by atoms with van der Waals surface area (Å²) < 4.78 is 43.7. The summed E-state index contributed by atoms with van der Waals surface area (Å²) in [5.74, 6) is -4.54. The van der Waals surface area contributed by atoms with Crippen LogP contribution in [-0.2, 0) is 14.3 Å². The summed E-state index contributed by atoms with van der Waals surface area (Å²) in [6.07, 6.45) is 0. The molecule has 2 aromatic carbocycles. The first-order valence-electron chi connectivity index (χ1n) is 7.29. The molecule has 2 N–H and O–H groups in total. The molecular weight excluding hydrogens is 353 g/mol. The monoisotopic (exact) mass is 366 g/mol. The predicted octanol–water partition coefficient (Wildman–Crippen LogP) is 2.02. The molecule has 6 nitrogen and oxygen atoms in total. The molecule has 0 aliphatic carbocycles. The number of hydrogen-bond donors (Lipinski definition) is 2. The van der Waals surface area contributed by atoms with Crippen LogP contribution < -0.4 is 10.6 Å². The zero-order valence-corrected chi connectivity index (χ0v) is 13.2. The molecule has 2 amide bonds. The number of amides is 2. The van der Waals surface area contributed by atoms with Crippen LogP contribution in [-0.4, -0.2) is 30.9 Å². The van der Waals surface area contributed by atoms with Gasteiger partial charge in [0.2, 0.25) is 0 Å². The molecule has 26 heavy (non-hydrogen) atoms. The van der Waals surface area contributed by atoms with E-state index in [-0.39, 0.29) is 5.56 Å². The summed E-state index contributed by atoms with van der Waals surface area (Å²) in [6.45, 7) is -1.28. The molecule has 2 rings (SSSR count). The van der Waals surface area contributed by atoms with E-state index in [1.54, 1.807) is 0 Å². The third-order valence-electron chi connectivity index (χ3n) is 3.07. The number of hydrogen-bond acceptors (Lipinski definition) is 4. The van der Waals surface area contributed by atoms with Crippen LogP contribution >= 0.6 is 0 Å². The molecule has 0 spiro atoms. The Morgan fingerprint density at radius 3 is 2.27 bits per heavy atom. The van der Waals surface area contributed by atoms with E-state index in [2.05, 4.69) is 10.1 Å². The number of esters is 1. The van der Waals surface area contributed by atoms with Gasteiger partial charge in [-0.3, -0.25) is 14.4 Å². The van der Waals surface area contributed by atoms with Crippen molar-refractivity contribution in [3.05, 3.63) is 65.5 Å². The van der Waals surface area contributed by atoms with Gasteiger partial charge < -0.3 is 15.4 Å². The Hall–Kier alpha value is -3.36. The summed E-state index contributed by atoms with van der Waals surface area (Å²) >= 11 is 0. The zero-order valence-electron chi connectivity index (χ0n) is 13.2. The van der Waals surface area contributed by atoms with Crippen molar-refractivity contribution in [3.63, 3.8) is 0 Å². The Kier molecular flexibility index (Phi) is 6.31. The van der Waals surface area contributed by atoms with Gasteiger partial charge in [-0.1, -0.05) is 0 Å². The highest BCUT2D eigenvalue weighted by molar-refractivity contribution is 5.96. The first-order chi connectivity index (χ1) is 12.3. The molecule has 0 unspecified atom stereocenters. The molecule has 2 aromatic rings. The Morgan fingerprint density at radius 2 is 1.58 bits per heavy atom. The lowest BCUT2D eigenvalue weighted by molar-refractivity contribution is -0.146. The molecule has 9 heteroatoms. The maximum Gasteiger partial charge on any atom is 0.325 e. The van der Waals surface area contributed by atoms with Gasteiger partial charge in [0, 0.05) is 11.6 Å². The zero-order chi connectivity index (χ0) is 19.1. The number of ether oxygens (including phenoxy) is 1. The molecule has 0 heterocycles. The van der Waals surface area contributed by atoms with Gasteiger partial charge in [0.05, 0.1) is 5.69 Å². The average Bonchev–Trinajstić information content (AvgIpc) is 2.61. The van der Waals surface area contributed by atoms with Crippen LogP contribution in [0.5, 0.6) is 0 Å². The molecule has 0 aromatic heterocycles. The fourth-order valence-electron chi connectivity index (χ4n) is 1.83. The third-order valence-corrected chi connectivity index (χ3v) is 3.07. The molecule has 0 bridgehead atoms. The van der Waals surface area contributed by atoms with Gasteiger partial charge in [0.15, 0.2) is 6.61 Å². The average molecular weight is 366 g/mol. The van der Waals surface area contributed by atoms with Crippen molar-refractivity contribution in [2.75, 3.05) is 18.5 Å². The van der Waals surface area contributed by atoms with Gasteiger partial charge >= 0.3 is 5.97 Å². The molecule has 0 aliphatic heterocycles. The van der Waals surface area contributed by atoms with Gasteiger partial charge in [-0.25, -0.2) is 13.2 Å².